The lowest BCUT2D eigenvalue weighted by Gasteiger charge is -2.08. The van der Waals surface area contributed by atoms with E-state index in [2.05, 4.69) is 9.97 Å². The van der Waals surface area contributed by atoms with Crippen molar-refractivity contribution in [1.29, 1.82) is 0 Å². The van der Waals surface area contributed by atoms with E-state index in [0.717, 1.165) is 22.1 Å². The number of phenolic OH excluding ortho intramolecular Hbond substituents is 1. The van der Waals surface area contributed by atoms with Gasteiger partial charge in [0.05, 0.1) is 5.56 Å². The van der Waals surface area contributed by atoms with Gasteiger partial charge in [0.1, 0.15) is 17.2 Å². The number of carbonyl (C=O) groups is 2. The monoisotopic (exact) mass is 386 g/mol. The van der Waals surface area contributed by atoms with Crippen LogP contribution in [0.25, 0.3) is 22.2 Å². The third-order valence-corrected chi connectivity index (χ3v) is 4.62. The normalized spacial score (nSPS) is 10.5. The third-order valence-electron chi connectivity index (χ3n) is 4.62. The number of rotatable bonds is 5. The number of aromatic hydroxyl groups is 1. The average Bonchev–Trinajstić information content (AvgIpc) is 3.11. The molecule has 2 aromatic heterocycles. The van der Waals surface area contributed by atoms with Gasteiger partial charge in [-0.05, 0) is 41.8 Å². The van der Waals surface area contributed by atoms with Crippen LogP contribution in [0.5, 0.6) is 5.75 Å². The van der Waals surface area contributed by atoms with Crippen molar-refractivity contribution in [2.24, 2.45) is 0 Å². The molecule has 0 atom stereocenters. The minimum atomic E-state index is -0.198. The molecule has 2 aromatic carbocycles. The van der Waals surface area contributed by atoms with Gasteiger partial charge in [-0.25, -0.2) is 4.98 Å². The zero-order valence-electron chi connectivity index (χ0n) is 15.3. The quantitative estimate of drug-likeness (QED) is 0.476. The fourth-order valence-corrected chi connectivity index (χ4v) is 3.42. The molecule has 0 unspecified atom stereocenters. The molecule has 5 nitrogen and oxygen atoms in total. The van der Waals surface area contributed by atoms with Gasteiger partial charge in [0.25, 0.3) is 0 Å². The number of nitrogens with zero attached hydrogens (tertiary/aromatic N) is 1. The number of ketones is 2. The molecule has 0 radical (unpaired) electrons. The number of benzene rings is 2. The predicted octanol–water partition coefficient (Wildman–Crippen LogP) is 4.93. The molecule has 0 spiro atoms. The van der Waals surface area contributed by atoms with Crippen molar-refractivity contribution >= 4 is 22.6 Å². The molecule has 146 valence electrons. The fraction of sp³-hybridized carbons (Fsp3) is 0.125. The van der Waals surface area contributed by atoms with Crippen LogP contribution in [0.15, 0.2) is 67.0 Å². The Labute approximate surface area is 169 Å². The minimum Gasteiger partial charge on any atom is -0.508 e. The summed E-state index contributed by atoms with van der Waals surface area (Å²) in [6.07, 6.45) is 3.70. The lowest BCUT2D eigenvalue weighted by atomic mass is 9.95. The van der Waals surface area contributed by atoms with Crippen molar-refractivity contribution in [3.8, 4) is 16.9 Å². The van der Waals surface area contributed by atoms with Crippen molar-refractivity contribution in [2.75, 3.05) is 0 Å². The second-order valence-corrected chi connectivity index (χ2v) is 6.74. The van der Waals surface area contributed by atoms with Crippen LogP contribution in [-0.2, 0) is 11.2 Å². The van der Waals surface area contributed by atoms with E-state index in [1.165, 1.54) is 12.1 Å². The topological polar surface area (TPSA) is 83.0 Å². The predicted molar refractivity (Wildman–Crippen MR) is 114 cm³/mol. The van der Waals surface area contributed by atoms with Crippen LogP contribution in [-0.4, -0.2) is 26.6 Å². The molecule has 0 bridgehead atoms. The summed E-state index contributed by atoms with van der Waals surface area (Å²) in [6, 6.07) is 15.9. The Morgan fingerprint density at radius 1 is 1.07 bits per heavy atom. The number of hydrogen-bond donors (Lipinski definition) is 2. The molecule has 29 heavy (non-hydrogen) atoms. The number of Topliss-reactive ketones (excluding diaryl/α,β-unsaturated/α-hetero) is 1. The molecule has 4 aromatic rings. The molecular formula is C24H22N2O3. The van der Waals surface area contributed by atoms with E-state index in [0.29, 0.717) is 23.2 Å². The van der Waals surface area contributed by atoms with Gasteiger partial charge in [-0.1, -0.05) is 43.8 Å². The Balaban J connectivity index is 0.00000240. The summed E-state index contributed by atoms with van der Waals surface area (Å²) in [5.74, 6) is -0.0595. The first-order chi connectivity index (χ1) is 13.5. The van der Waals surface area contributed by atoms with Gasteiger partial charge in [0.15, 0.2) is 5.78 Å². The Kier molecular flexibility index (Phi) is 5.59. The standard InChI is InChI=1S/C23H18N2O3.CH4/c1-14(26)10-15-4-2-5-16(11-15)19-8-9-24-23-21(19)20(13-25-23)22(28)17-6-3-7-18(27)12-17;/h2-9,11-13,27H,10H2,1H3,(H,24,25);1H4. The van der Waals surface area contributed by atoms with Gasteiger partial charge in [-0.3, -0.25) is 9.59 Å². The molecule has 2 N–H and O–H groups in total. The highest BCUT2D eigenvalue weighted by Gasteiger charge is 2.18. The van der Waals surface area contributed by atoms with Crippen LogP contribution in [0.2, 0.25) is 0 Å². The Hall–Kier alpha value is -3.73. The summed E-state index contributed by atoms with van der Waals surface area (Å²) in [5.41, 5.74) is 4.20. The van der Waals surface area contributed by atoms with Crippen molar-refractivity contribution in [2.45, 2.75) is 20.8 Å². The molecule has 0 amide bonds. The minimum absolute atomic E-state index is 0. The maximum Gasteiger partial charge on any atom is 0.195 e. The van der Waals surface area contributed by atoms with Gasteiger partial charge >= 0.3 is 0 Å². The summed E-state index contributed by atoms with van der Waals surface area (Å²) in [5, 5.41) is 10.4. The Bertz CT molecular complexity index is 1210. The number of phenols is 1. The average molecular weight is 386 g/mol. The Morgan fingerprint density at radius 3 is 2.62 bits per heavy atom. The summed E-state index contributed by atoms with van der Waals surface area (Å²) in [7, 11) is 0. The summed E-state index contributed by atoms with van der Waals surface area (Å²) < 4.78 is 0. The van der Waals surface area contributed by atoms with Crippen molar-refractivity contribution in [1.82, 2.24) is 9.97 Å². The van der Waals surface area contributed by atoms with E-state index in [1.807, 2.05) is 30.3 Å². The van der Waals surface area contributed by atoms with Crippen LogP contribution in [0, 0.1) is 0 Å². The number of aromatic amines is 1. The molecular weight excluding hydrogens is 364 g/mol. The number of H-pyrrole nitrogens is 1. The van der Waals surface area contributed by atoms with E-state index in [4.69, 9.17) is 0 Å². The van der Waals surface area contributed by atoms with E-state index in [1.54, 1.807) is 31.5 Å². The SMILES string of the molecule is C.CC(=O)Cc1cccc(-c2ccnc3[nH]cc(C(=O)c4cccc(O)c4)c23)c1. The molecule has 0 saturated carbocycles. The number of pyridine rings is 1. The maximum absolute atomic E-state index is 13.1. The first-order valence-electron chi connectivity index (χ1n) is 8.91. The highest BCUT2D eigenvalue weighted by molar-refractivity contribution is 6.18. The second-order valence-electron chi connectivity index (χ2n) is 6.74. The van der Waals surface area contributed by atoms with Gasteiger partial charge in [-0.15, -0.1) is 0 Å². The lowest BCUT2D eigenvalue weighted by Crippen LogP contribution is -2.01. The summed E-state index contributed by atoms with van der Waals surface area (Å²) >= 11 is 0. The van der Waals surface area contributed by atoms with Crippen molar-refractivity contribution in [3.63, 3.8) is 0 Å². The third kappa shape index (κ3) is 3.94. The fourth-order valence-electron chi connectivity index (χ4n) is 3.42. The number of aromatic nitrogens is 2. The first-order valence-corrected chi connectivity index (χ1v) is 8.91. The smallest absolute Gasteiger partial charge is 0.195 e. The number of hydrogen-bond acceptors (Lipinski definition) is 4. The highest BCUT2D eigenvalue weighted by Crippen LogP contribution is 2.32. The van der Waals surface area contributed by atoms with E-state index < -0.39 is 0 Å². The molecule has 0 aliphatic carbocycles. The second kappa shape index (κ2) is 8.10. The van der Waals surface area contributed by atoms with Crippen LogP contribution in [0.3, 0.4) is 0 Å². The molecule has 4 rings (SSSR count). The molecule has 0 aliphatic heterocycles. The zero-order valence-corrected chi connectivity index (χ0v) is 15.3. The number of nitrogens with one attached hydrogen (secondary N) is 1. The molecule has 0 fully saturated rings. The van der Waals surface area contributed by atoms with E-state index in [-0.39, 0.29) is 24.7 Å². The van der Waals surface area contributed by atoms with Crippen LogP contribution >= 0.6 is 0 Å². The van der Waals surface area contributed by atoms with E-state index >= 15 is 0 Å². The molecule has 5 heteroatoms. The van der Waals surface area contributed by atoms with Gasteiger partial charge < -0.3 is 10.1 Å². The molecule has 0 aliphatic rings. The zero-order chi connectivity index (χ0) is 19.7. The number of carbonyl (C=O) groups excluding carboxylic acids is 2. The lowest BCUT2D eigenvalue weighted by molar-refractivity contribution is -0.116. The van der Waals surface area contributed by atoms with Crippen molar-refractivity contribution in [3.05, 3.63) is 83.7 Å². The van der Waals surface area contributed by atoms with E-state index in [9.17, 15) is 14.7 Å². The molecule has 0 saturated heterocycles. The van der Waals surface area contributed by atoms with Gasteiger partial charge in [0.2, 0.25) is 0 Å². The summed E-state index contributed by atoms with van der Waals surface area (Å²) in [4.78, 5) is 31.9. The molecule has 2 heterocycles. The van der Waals surface area contributed by atoms with Crippen molar-refractivity contribution < 1.29 is 14.7 Å². The maximum atomic E-state index is 13.1. The van der Waals surface area contributed by atoms with Crippen LogP contribution in [0.4, 0.5) is 0 Å². The van der Waals surface area contributed by atoms with Gasteiger partial charge in [-0.2, -0.15) is 0 Å². The highest BCUT2D eigenvalue weighted by atomic mass is 16.3. The first kappa shape index (κ1) is 20.0. The van der Waals surface area contributed by atoms with Gasteiger partial charge in [0, 0.05) is 29.8 Å². The number of fused-ring (bicyclic) bond motifs is 1. The van der Waals surface area contributed by atoms with Crippen LogP contribution < -0.4 is 0 Å². The Morgan fingerprint density at radius 2 is 1.86 bits per heavy atom. The van der Waals surface area contributed by atoms with Crippen LogP contribution in [0.1, 0.15) is 35.8 Å². The summed E-state index contributed by atoms with van der Waals surface area (Å²) in [6.45, 7) is 1.56. The largest absolute Gasteiger partial charge is 0.508 e.